The first-order valence-electron chi connectivity index (χ1n) is 4.73. The molecule has 3 N–H and O–H groups in total. The van der Waals surface area contributed by atoms with Crippen LogP contribution < -0.4 is 11.1 Å². The average Bonchev–Trinajstić information content (AvgIpc) is 2.15. The first-order valence-corrected chi connectivity index (χ1v) is 5.52. The molecule has 2 rings (SSSR count). The van der Waals surface area contributed by atoms with Gasteiger partial charge in [0.15, 0.2) is 0 Å². The highest BCUT2D eigenvalue weighted by Gasteiger charge is 2.28. The maximum absolute atomic E-state index is 11.4. The number of nitrogen functional groups attached to an aromatic ring is 1. The molecule has 0 fully saturated rings. The Hall–Kier alpha value is -1.61. The molecule has 0 radical (unpaired) electrons. The maximum atomic E-state index is 11.4. The highest BCUT2D eigenvalue weighted by molar-refractivity contribution is 9.10. The molecule has 1 aromatic heterocycles. The van der Waals surface area contributed by atoms with Gasteiger partial charge in [-0.3, -0.25) is 4.79 Å². The zero-order valence-electron chi connectivity index (χ0n) is 8.54. The van der Waals surface area contributed by atoms with Gasteiger partial charge in [0.2, 0.25) is 5.91 Å². The van der Waals surface area contributed by atoms with Gasteiger partial charge >= 0.3 is 0 Å². The van der Waals surface area contributed by atoms with Crippen molar-refractivity contribution < 1.29 is 4.79 Å². The van der Waals surface area contributed by atoms with Crippen molar-refractivity contribution in [2.45, 2.75) is 19.3 Å². The number of pyridine rings is 1. The number of hydrogen-bond donors (Lipinski definition) is 2. The molecule has 6 heteroatoms. The average molecular weight is 281 g/mol. The lowest BCUT2D eigenvalue weighted by Crippen LogP contribution is -2.24. The summed E-state index contributed by atoms with van der Waals surface area (Å²) in [5.74, 6) is 0.235. The number of halogens is 1. The topological polar surface area (TPSA) is 91.8 Å². The van der Waals surface area contributed by atoms with Crippen LogP contribution >= 0.6 is 15.9 Å². The zero-order chi connectivity index (χ0) is 11.9. The Kier molecular flexibility index (Phi) is 2.56. The molecule has 0 aromatic carbocycles. The van der Waals surface area contributed by atoms with Gasteiger partial charge in [-0.05, 0) is 21.8 Å². The number of anilines is 2. The molecule has 0 bridgehead atoms. The van der Waals surface area contributed by atoms with Crippen molar-refractivity contribution in [2.75, 3.05) is 11.1 Å². The molecule has 1 aliphatic rings. The van der Waals surface area contributed by atoms with E-state index in [4.69, 9.17) is 11.0 Å². The molecule has 5 nitrogen and oxygen atoms in total. The summed E-state index contributed by atoms with van der Waals surface area (Å²) in [5.41, 5.74) is 7.36. The summed E-state index contributed by atoms with van der Waals surface area (Å²) in [6.07, 6.45) is 0.366. The lowest BCUT2D eigenvalue weighted by molar-refractivity contribution is -0.116. The van der Waals surface area contributed by atoms with E-state index in [2.05, 4.69) is 26.2 Å². The molecule has 16 heavy (non-hydrogen) atoms. The third kappa shape index (κ3) is 1.53. The van der Waals surface area contributed by atoms with Crippen LogP contribution in [0.2, 0.25) is 0 Å². The van der Waals surface area contributed by atoms with Crippen molar-refractivity contribution in [3.05, 3.63) is 15.7 Å². The van der Waals surface area contributed by atoms with E-state index in [1.54, 1.807) is 0 Å². The fourth-order valence-electron chi connectivity index (χ4n) is 1.89. The van der Waals surface area contributed by atoms with Crippen LogP contribution in [0.4, 0.5) is 11.5 Å². The number of nitrogens with two attached hydrogens (primary N) is 1. The van der Waals surface area contributed by atoms with Gasteiger partial charge < -0.3 is 11.1 Å². The number of aromatic nitrogens is 1. The van der Waals surface area contributed by atoms with Crippen LogP contribution in [0.3, 0.4) is 0 Å². The highest BCUT2D eigenvalue weighted by atomic mass is 79.9. The van der Waals surface area contributed by atoms with E-state index >= 15 is 0 Å². The monoisotopic (exact) mass is 280 g/mol. The molecular formula is C10H9BrN4O. The molecule has 2 heterocycles. The van der Waals surface area contributed by atoms with Crippen molar-refractivity contribution in [1.29, 1.82) is 5.26 Å². The van der Waals surface area contributed by atoms with Crippen LogP contribution in [-0.4, -0.2) is 10.9 Å². The first-order chi connectivity index (χ1) is 7.54. The zero-order valence-corrected chi connectivity index (χ0v) is 10.1. The van der Waals surface area contributed by atoms with Crippen LogP contribution in [0.1, 0.15) is 30.4 Å². The SMILES string of the molecule is CC1CC(=O)Nc2c(C#N)c(Br)nc(N)c21. The van der Waals surface area contributed by atoms with Crippen LogP contribution in [0.25, 0.3) is 0 Å². The number of hydrogen-bond acceptors (Lipinski definition) is 4. The van der Waals surface area contributed by atoms with E-state index in [1.165, 1.54) is 0 Å². The molecule has 82 valence electrons. The van der Waals surface area contributed by atoms with Crippen LogP contribution in [0.15, 0.2) is 4.60 Å². The Bertz CT molecular complexity index is 521. The lowest BCUT2D eigenvalue weighted by atomic mass is 9.91. The molecule has 1 aromatic rings. The second-order valence-electron chi connectivity index (χ2n) is 3.72. The van der Waals surface area contributed by atoms with Gasteiger partial charge in [0.25, 0.3) is 0 Å². The number of carbonyl (C=O) groups is 1. The predicted molar refractivity (Wildman–Crippen MR) is 62.7 cm³/mol. The molecule has 0 saturated heterocycles. The molecular weight excluding hydrogens is 272 g/mol. The van der Waals surface area contributed by atoms with Gasteiger partial charge in [0.1, 0.15) is 22.1 Å². The molecule has 1 atom stereocenters. The largest absolute Gasteiger partial charge is 0.383 e. The normalized spacial score (nSPS) is 18.6. The number of amides is 1. The Labute approximate surface area is 101 Å². The van der Waals surface area contributed by atoms with Gasteiger partial charge in [0, 0.05) is 12.0 Å². The van der Waals surface area contributed by atoms with E-state index in [0.29, 0.717) is 28.1 Å². The van der Waals surface area contributed by atoms with E-state index < -0.39 is 0 Å². The van der Waals surface area contributed by atoms with Gasteiger partial charge in [-0.1, -0.05) is 6.92 Å². The second kappa shape index (κ2) is 3.76. The molecule has 0 saturated carbocycles. The summed E-state index contributed by atoms with van der Waals surface area (Å²) in [7, 11) is 0. The summed E-state index contributed by atoms with van der Waals surface area (Å²) < 4.78 is 0.362. The minimum atomic E-state index is -0.103. The second-order valence-corrected chi connectivity index (χ2v) is 4.47. The van der Waals surface area contributed by atoms with E-state index in [1.807, 2.05) is 13.0 Å². The van der Waals surface area contributed by atoms with E-state index in [0.717, 1.165) is 5.56 Å². The number of fused-ring (bicyclic) bond motifs is 1. The fourth-order valence-corrected chi connectivity index (χ4v) is 2.37. The standard InChI is InChI=1S/C10H9BrN4O/c1-4-2-6(16)14-8-5(3-12)9(11)15-10(13)7(4)8/h4H,2H2,1H3,(H2,13,15)(H,14,16). The van der Waals surface area contributed by atoms with Crippen LogP contribution in [-0.2, 0) is 4.79 Å². The van der Waals surface area contributed by atoms with E-state index in [-0.39, 0.29) is 11.8 Å². The van der Waals surface area contributed by atoms with Crippen LogP contribution in [0.5, 0.6) is 0 Å². The van der Waals surface area contributed by atoms with Gasteiger partial charge in [-0.2, -0.15) is 5.26 Å². The number of nitrogens with zero attached hydrogens (tertiary/aromatic N) is 2. The number of nitrogens with one attached hydrogen (secondary N) is 1. The summed E-state index contributed by atoms with van der Waals surface area (Å²) in [6, 6.07) is 2.01. The Morgan fingerprint density at radius 2 is 2.38 bits per heavy atom. The third-order valence-corrected chi connectivity index (χ3v) is 3.15. The molecule has 0 aliphatic carbocycles. The fraction of sp³-hybridized carbons (Fsp3) is 0.300. The summed E-state index contributed by atoms with van der Waals surface area (Å²) in [5, 5.41) is 11.7. The first kappa shape index (κ1) is 10.9. The van der Waals surface area contributed by atoms with Gasteiger partial charge in [-0.25, -0.2) is 4.98 Å². The molecule has 0 spiro atoms. The Morgan fingerprint density at radius 3 is 3.00 bits per heavy atom. The highest BCUT2D eigenvalue weighted by Crippen LogP contribution is 2.39. The molecule has 1 aliphatic heterocycles. The summed E-state index contributed by atoms with van der Waals surface area (Å²) >= 11 is 3.16. The van der Waals surface area contributed by atoms with Crippen molar-refractivity contribution in [3.8, 4) is 6.07 Å². The third-order valence-electron chi connectivity index (χ3n) is 2.58. The molecule has 1 amide bonds. The minimum absolute atomic E-state index is 0.0172. The quantitative estimate of drug-likeness (QED) is 0.708. The van der Waals surface area contributed by atoms with Crippen molar-refractivity contribution in [2.24, 2.45) is 0 Å². The number of rotatable bonds is 0. The predicted octanol–water partition coefficient (Wildman–Crippen LogP) is 1.74. The van der Waals surface area contributed by atoms with Gasteiger partial charge in [-0.15, -0.1) is 0 Å². The smallest absolute Gasteiger partial charge is 0.225 e. The van der Waals surface area contributed by atoms with Gasteiger partial charge in [0.05, 0.1) is 5.69 Å². The van der Waals surface area contributed by atoms with Crippen molar-refractivity contribution in [1.82, 2.24) is 4.98 Å². The van der Waals surface area contributed by atoms with Crippen molar-refractivity contribution >= 4 is 33.3 Å². The van der Waals surface area contributed by atoms with Crippen LogP contribution in [0, 0.1) is 11.3 Å². The van der Waals surface area contributed by atoms with E-state index in [9.17, 15) is 4.79 Å². The summed E-state index contributed by atoms with van der Waals surface area (Å²) in [6.45, 7) is 1.89. The van der Waals surface area contributed by atoms with Crippen molar-refractivity contribution in [3.63, 3.8) is 0 Å². The Balaban J connectivity index is 2.75. The molecule has 1 unspecified atom stereocenters. The number of nitriles is 1. The maximum Gasteiger partial charge on any atom is 0.225 e. The Morgan fingerprint density at radius 1 is 1.69 bits per heavy atom. The number of carbonyl (C=O) groups excluding carboxylic acids is 1. The lowest BCUT2D eigenvalue weighted by Gasteiger charge is -2.24. The minimum Gasteiger partial charge on any atom is -0.383 e. The summed E-state index contributed by atoms with van der Waals surface area (Å²) in [4.78, 5) is 15.5.